The van der Waals surface area contributed by atoms with Gasteiger partial charge in [-0.3, -0.25) is 4.79 Å². The number of carbonyl (C=O) groups is 1. The van der Waals surface area contributed by atoms with Gasteiger partial charge in [-0.05, 0) is 43.3 Å². The molecule has 4 aromatic rings. The third-order valence-corrected chi connectivity index (χ3v) is 6.18. The number of imidazole rings is 1. The van der Waals surface area contributed by atoms with Crippen LogP contribution in [0.25, 0.3) is 0 Å². The summed E-state index contributed by atoms with van der Waals surface area (Å²) in [5, 5.41) is 0. The maximum absolute atomic E-state index is 13.2. The molecule has 7 heteroatoms. The van der Waals surface area contributed by atoms with Crippen molar-refractivity contribution in [3.05, 3.63) is 114 Å². The molecule has 1 aliphatic rings. The standard InChI is InChI=1S/C29H28N2O5/c1-21-8-13-27(26(16-21)28(32)22-6-4-3-5-7-22)34-17-25-18-35-29(36-25,19-31-15-14-30-20-31)23-9-11-24(33-2)12-10-23/h3-16,20,25H,17-19H2,1-2H3/t25-,29+/m1/s1. The van der Waals surface area contributed by atoms with Gasteiger partial charge in [0, 0.05) is 23.5 Å². The number of carbonyl (C=O) groups excluding carboxylic acids is 1. The largest absolute Gasteiger partial charge is 0.497 e. The zero-order chi connectivity index (χ0) is 25.0. The van der Waals surface area contributed by atoms with E-state index in [1.807, 2.05) is 90.5 Å². The molecule has 2 heterocycles. The minimum Gasteiger partial charge on any atom is -0.497 e. The van der Waals surface area contributed by atoms with Crippen LogP contribution in [-0.2, 0) is 21.8 Å². The Hall–Kier alpha value is -3.94. The van der Waals surface area contributed by atoms with Crippen LogP contribution in [0.2, 0.25) is 0 Å². The van der Waals surface area contributed by atoms with Crippen molar-refractivity contribution in [3.63, 3.8) is 0 Å². The Morgan fingerprint density at radius 3 is 2.64 bits per heavy atom. The summed E-state index contributed by atoms with van der Waals surface area (Å²) in [5.41, 5.74) is 3.00. The van der Waals surface area contributed by atoms with E-state index in [1.54, 1.807) is 19.6 Å². The Morgan fingerprint density at radius 1 is 1.11 bits per heavy atom. The molecule has 2 atom stereocenters. The first kappa shape index (κ1) is 23.8. The molecular formula is C29H28N2O5. The Morgan fingerprint density at radius 2 is 1.92 bits per heavy atom. The van der Waals surface area contributed by atoms with E-state index in [9.17, 15) is 4.79 Å². The first-order chi connectivity index (χ1) is 17.6. The normalized spacial score (nSPS) is 19.2. The van der Waals surface area contributed by atoms with Gasteiger partial charge in [0.25, 0.3) is 0 Å². The molecule has 0 aliphatic carbocycles. The van der Waals surface area contributed by atoms with Crippen LogP contribution in [0, 0.1) is 6.92 Å². The van der Waals surface area contributed by atoms with E-state index >= 15 is 0 Å². The lowest BCUT2D eigenvalue weighted by Crippen LogP contribution is -2.34. The fourth-order valence-electron chi connectivity index (χ4n) is 4.31. The van der Waals surface area contributed by atoms with Gasteiger partial charge < -0.3 is 23.5 Å². The molecule has 5 rings (SSSR count). The highest BCUT2D eigenvalue weighted by Gasteiger charge is 2.44. The van der Waals surface area contributed by atoms with Crippen LogP contribution in [0.3, 0.4) is 0 Å². The predicted molar refractivity (Wildman–Crippen MR) is 134 cm³/mol. The number of benzene rings is 3. The van der Waals surface area contributed by atoms with Gasteiger partial charge in [-0.25, -0.2) is 4.98 Å². The highest BCUT2D eigenvalue weighted by molar-refractivity contribution is 6.10. The van der Waals surface area contributed by atoms with Gasteiger partial charge in [0.2, 0.25) is 5.79 Å². The molecular weight excluding hydrogens is 456 g/mol. The quantitative estimate of drug-likeness (QED) is 0.319. The van der Waals surface area contributed by atoms with Crippen molar-refractivity contribution >= 4 is 5.78 Å². The summed E-state index contributed by atoms with van der Waals surface area (Å²) in [6, 6.07) is 22.5. The van der Waals surface area contributed by atoms with Crippen LogP contribution in [0.15, 0.2) is 91.5 Å². The van der Waals surface area contributed by atoms with Gasteiger partial charge in [0.15, 0.2) is 5.78 Å². The van der Waals surface area contributed by atoms with Gasteiger partial charge in [-0.2, -0.15) is 0 Å². The molecule has 0 unspecified atom stereocenters. The molecule has 0 saturated carbocycles. The van der Waals surface area contributed by atoms with E-state index < -0.39 is 5.79 Å². The summed E-state index contributed by atoms with van der Waals surface area (Å²) in [5.74, 6) is 0.196. The molecule has 0 amide bonds. The number of hydrogen-bond acceptors (Lipinski definition) is 6. The van der Waals surface area contributed by atoms with Crippen molar-refractivity contribution in [1.29, 1.82) is 0 Å². The number of rotatable bonds is 9. The van der Waals surface area contributed by atoms with Gasteiger partial charge in [0.05, 0.1) is 32.2 Å². The fraction of sp³-hybridized carbons (Fsp3) is 0.241. The monoisotopic (exact) mass is 484 g/mol. The molecule has 1 aliphatic heterocycles. The number of aryl methyl sites for hydroxylation is 1. The van der Waals surface area contributed by atoms with Crippen LogP contribution in [0.5, 0.6) is 11.5 Å². The summed E-state index contributed by atoms with van der Waals surface area (Å²) in [6.07, 6.45) is 4.99. The molecule has 0 N–H and O–H groups in total. The van der Waals surface area contributed by atoms with Gasteiger partial charge in [-0.15, -0.1) is 0 Å². The maximum atomic E-state index is 13.2. The van der Waals surface area contributed by atoms with E-state index in [0.29, 0.717) is 30.0 Å². The average Bonchev–Trinajstić information content (AvgIpc) is 3.59. The number of nitrogens with zero attached hydrogens (tertiary/aromatic N) is 2. The Bertz CT molecular complexity index is 1310. The molecule has 184 valence electrons. The van der Waals surface area contributed by atoms with E-state index in [2.05, 4.69) is 4.98 Å². The number of hydrogen-bond donors (Lipinski definition) is 0. The third-order valence-electron chi connectivity index (χ3n) is 6.18. The van der Waals surface area contributed by atoms with Gasteiger partial charge in [-0.1, -0.05) is 42.0 Å². The first-order valence-electron chi connectivity index (χ1n) is 11.8. The topological polar surface area (TPSA) is 71.8 Å². The van der Waals surface area contributed by atoms with Crippen LogP contribution in [0.4, 0.5) is 0 Å². The van der Waals surface area contributed by atoms with E-state index in [-0.39, 0.29) is 18.5 Å². The predicted octanol–water partition coefficient (Wildman–Crippen LogP) is 4.78. The third kappa shape index (κ3) is 5.03. The second kappa shape index (κ2) is 10.4. The average molecular weight is 485 g/mol. The SMILES string of the molecule is COc1ccc([C@@]2(Cn3ccnc3)OC[C@@H](COc3ccc(C)cc3C(=O)c3ccccc3)O2)cc1. The van der Waals surface area contributed by atoms with Crippen molar-refractivity contribution in [2.75, 3.05) is 20.3 Å². The molecule has 3 aromatic carbocycles. The molecule has 0 bridgehead atoms. The van der Waals surface area contributed by atoms with Crippen LogP contribution in [0.1, 0.15) is 27.0 Å². The van der Waals surface area contributed by atoms with Crippen molar-refractivity contribution in [3.8, 4) is 11.5 Å². The summed E-state index contributed by atoms with van der Waals surface area (Å²) in [7, 11) is 1.63. The zero-order valence-corrected chi connectivity index (χ0v) is 20.3. The van der Waals surface area contributed by atoms with Crippen LogP contribution < -0.4 is 9.47 Å². The van der Waals surface area contributed by atoms with Crippen molar-refractivity contribution in [1.82, 2.24) is 9.55 Å². The van der Waals surface area contributed by atoms with E-state index in [1.165, 1.54) is 0 Å². The second-order valence-electron chi connectivity index (χ2n) is 8.77. The number of ether oxygens (including phenoxy) is 4. The van der Waals surface area contributed by atoms with Crippen molar-refractivity contribution < 1.29 is 23.7 Å². The summed E-state index contributed by atoms with van der Waals surface area (Å²) >= 11 is 0. The first-order valence-corrected chi connectivity index (χ1v) is 11.8. The van der Waals surface area contributed by atoms with Crippen LogP contribution >= 0.6 is 0 Å². The molecule has 36 heavy (non-hydrogen) atoms. The minimum absolute atomic E-state index is 0.0782. The molecule has 7 nitrogen and oxygen atoms in total. The highest BCUT2D eigenvalue weighted by Crippen LogP contribution is 2.37. The van der Waals surface area contributed by atoms with Crippen molar-refractivity contribution in [2.24, 2.45) is 0 Å². The van der Waals surface area contributed by atoms with E-state index in [0.717, 1.165) is 16.9 Å². The number of ketones is 1. The Kier molecular flexibility index (Phi) is 6.84. The Balaban J connectivity index is 1.35. The summed E-state index contributed by atoms with van der Waals surface area (Å²) in [6.45, 7) is 2.96. The van der Waals surface area contributed by atoms with Crippen molar-refractivity contribution in [2.45, 2.75) is 25.4 Å². The molecule has 1 saturated heterocycles. The molecule has 1 fully saturated rings. The van der Waals surface area contributed by atoms with E-state index in [4.69, 9.17) is 18.9 Å². The Labute approximate surface area is 210 Å². The lowest BCUT2D eigenvalue weighted by molar-refractivity contribution is -0.189. The summed E-state index contributed by atoms with van der Waals surface area (Å²) in [4.78, 5) is 17.3. The molecule has 0 radical (unpaired) electrons. The van der Waals surface area contributed by atoms with Gasteiger partial charge in [0.1, 0.15) is 24.2 Å². The lowest BCUT2D eigenvalue weighted by Gasteiger charge is -2.29. The molecule has 1 aromatic heterocycles. The fourth-order valence-corrected chi connectivity index (χ4v) is 4.31. The second-order valence-corrected chi connectivity index (χ2v) is 8.77. The lowest BCUT2D eigenvalue weighted by atomic mass is 10.0. The zero-order valence-electron chi connectivity index (χ0n) is 20.3. The number of methoxy groups -OCH3 is 1. The molecule has 0 spiro atoms. The van der Waals surface area contributed by atoms with Crippen LogP contribution in [-0.4, -0.2) is 41.8 Å². The highest BCUT2D eigenvalue weighted by atomic mass is 16.8. The minimum atomic E-state index is -1.00. The maximum Gasteiger partial charge on any atom is 0.214 e. The van der Waals surface area contributed by atoms with Gasteiger partial charge >= 0.3 is 0 Å². The number of aromatic nitrogens is 2. The smallest absolute Gasteiger partial charge is 0.214 e. The summed E-state index contributed by atoms with van der Waals surface area (Å²) < 4.78 is 26.2.